The van der Waals surface area contributed by atoms with Crippen molar-refractivity contribution < 1.29 is 18.3 Å². The van der Waals surface area contributed by atoms with Gasteiger partial charge in [-0.25, -0.2) is 28.5 Å². The summed E-state index contributed by atoms with van der Waals surface area (Å²) in [7, 11) is 0. The predicted octanol–water partition coefficient (Wildman–Crippen LogP) is 2.47. The molecule has 2 aliphatic rings. The maximum atomic E-state index is 13.5. The number of rotatable bonds is 3. The lowest BCUT2D eigenvalue weighted by atomic mass is 10.0. The summed E-state index contributed by atoms with van der Waals surface area (Å²) >= 11 is 6.25. The summed E-state index contributed by atoms with van der Waals surface area (Å²) in [5.74, 6) is 0.604. The van der Waals surface area contributed by atoms with Crippen LogP contribution in [0, 0.1) is 0 Å². The minimum Gasteiger partial charge on any atom is -0.435 e. The van der Waals surface area contributed by atoms with Crippen LogP contribution in [0.25, 0.3) is 11.4 Å². The number of pyridine rings is 1. The van der Waals surface area contributed by atoms with E-state index in [4.69, 9.17) is 16.3 Å². The van der Waals surface area contributed by atoms with Crippen molar-refractivity contribution in [1.82, 2.24) is 20.3 Å². The van der Waals surface area contributed by atoms with Crippen LogP contribution in [0.1, 0.15) is 11.7 Å². The number of anilines is 2. The smallest absolute Gasteiger partial charge is 0.413 e. The van der Waals surface area contributed by atoms with Gasteiger partial charge in [0.1, 0.15) is 23.7 Å². The number of halogens is 3. The molecule has 2 aromatic rings. The van der Waals surface area contributed by atoms with Crippen molar-refractivity contribution in [3.8, 4) is 11.4 Å². The molecule has 2 N–H and O–H groups in total. The highest BCUT2D eigenvalue weighted by atomic mass is 35.5. The highest BCUT2D eigenvalue weighted by Gasteiger charge is 2.37. The number of cyclic esters (lactones) is 1. The molecule has 0 unspecified atom stereocenters. The molecule has 2 aliphatic heterocycles. The lowest BCUT2D eigenvalue weighted by molar-refractivity contribution is -0.0170. The van der Waals surface area contributed by atoms with E-state index in [9.17, 15) is 13.6 Å². The maximum absolute atomic E-state index is 13.5. The molecular formula is C16H15ClF2N6O2. The minimum atomic E-state index is -2.94. The molecule has 1 fully saturated rings. The Morgan fingerprint density at radius 2 is 2.04 bits per heavy atom. The summed E-state index contributed by atoms with van der Waals surface area (Å²) in [6, 6.07) is 3.25. The Hall–Kier alpha value is -2.59. The van der Waals surface area contributed by atoms with E-state index < -0.39 is 18.6 Å². The van der Waals surface area contributed by atoms with Crippen molar-refractivity contribution >= 4 is 29.3 Å². The SMILES string of the molecule is O=C1Nc2ncnc(-c3cc(Cl)cc(N4CCNCC4)n3)c2[C@H](C(F)F)O1. The Labute approximate surface area is 157 Å². The number of alkyl halides is 2. The Kier molecular flexibility index (Phi) is 4.75. The molecule has 142 valence electrons. The van der Waals surface area contributed by atoms with Crippen LogP contribution in [-0.4, -0.2) is 53.6 Å². The highest BCUT2D eigenvalue weighted by molar-refractivity contribution is 6.31. The number of hydrogen-bond acceptors (Lipinski definition) is 7. The number of piperazine rings is 1. The van der Waals surface area contributed by atoms with Crippen molar-refractivity contribution in [2.75, 3.05) is 36.4 Å². The molecule has 2 aromatic heterocycles. The van der Waals surface area contributed by atoms with Crippen LogP contribution in [0.2, 0.25) is 5.02 Å². The molecule has 1 atom stereocenters. The first-order valence-corrected chi connectivity index (χ1v) is 8.65. The largest absolute Gasteiger partial charge is 0.435 e. The van der Waals surface area contributed by atoms with Crippen LogP contribution in [-0.2, 0) is 4.74 Å². The number of carbonyl (C=O) groups is 1. The van der Waals surface area contributed by atoms with Crippen LogP contribution in [0.4, 0.5) is 25.2 Å². The number of fused-ring (bicyclic) bond motifs is 1. The normalized spacial score (nSPS) is 19.5. The Morgan fingerprint density at radius 1 is 1.26 bits per heavy atom. The summed E-state index contributed by atoms with van der Waals surface area (Å²) in [4.78, 5) is 26.1. The zero-order valence-electron chi connectivity index (χ0n) is 14.0. The molecule has 27 heavy (non-hydrogen) atoms. The third kappa shape index (κ3) is 3.50. The predicted molar refractivity (Wildman–Crippen MR) is 94.2 cm³/mol. The lowest BCUT2D eigenvalue weighted by Gasteiger charge is -2.29. The number of hydrogen-bond donors (Lipinski definition) is 2. The van der Waals surface area contributed by atoms with Gasteiger partial charge in [-0.1, -0.05) is 11.6 Å². The number of aromatic nitrogens is 3. The van der Waals surface area contributed by atoms with E-state index in [2.05, 4.69) is 25.6 Å². The van der Waals surface area contributed by atoms with E-state index in [1.54, 1.807) is 6.07 Å². The van der Waals surface area contributed by atoms with Crippen molar-refractivity contribution in [3.05, 3.63) is 29.0 Å². The van der Waals surface area contributed by atoms with Gasteiger partial charge in [-0.2, -0.15) is 0 Å². The van der Waals surface area contributed by atoms with E-state index in [0.29, 0.717) is 16.5 Å². The van der Waals surface area contributed by atoms with Gasteiger partial charge < -0.3 is 15.0 Å². The third-order valence-electron chi connectivity index (χ3n) is 4.31. The zero-order chi connectivity index (χ0) is 19.0. The zero-order valence-corrected chi connectivity index (χ0v) is 14.7. The lowest BCUT2D eigenvalue weighted by Crippen LogP contribution is -2.43. The van der Waals surface area contributed by atoms with Gasteiger partial charge in [-0.05, 0) is 12.1 Å². The second-order valence-corrected chi connectivity index (χ2v) is 6.47. The third-order valence-corrected chi connectivity index (χ3v) is 4.53. The van der Waals surface area contributed by atoms with Crippen molar-refractivity contribution in [2.24, 2.45) is 0 Å². The Balaban J connectivity index is 1.81. The second kappa shape index (κ2) is 7.20. The molecule has 11 heteroatoms. The summed E-state index contributed by atoms with van der Waals surface area (Å²) in [6.07, 6.45) is -4.53. The molecule has 0 radical (unpaired) electrons. The molecule has 1 amide bonds. The summed E-state index contributed by atoms with van der Waals surface area (Å²) in [6.45, 7) is 3.10. The second-order valence-electron chi connectivity index (χ2n) is 6.04. The van der Waals surface area contributed by atoms with Crippen LogP contribution < -0.4 is 15.5 Å². The van der Waals surface area contributed by atoms with Gasteiger partial charge in [-0.3, -0.25) is 5.32 Å². The molecule has 0 aliphatic carbocycles. The summed E-state index contributed by atoms with van der Waals surface area (Å²) < 4.78 is 31.7. The van der Waals surface area contributed by atoms with E-state index in [1.165, 1.54) is 12.4 Å². The molecule has 0 bridgehead atoms. The van der Waals surface area contributed by atoms with E-state index in [-0.39, 0.29) is 17.1 Å². The summed E-state index contributed by atoms with van der Waals surface area (Å²) in [5, 5.41) is 5.97. The molecule has 4 rings (SSSR count). The number of amides is 1. The molecule has 1 saturated heterocycles. The number of carbonyl (C=O) groups excluding carboxylic acids is 1. The molecule has 4 heterocycles. The highest BCUT2D eigenvalue weighted by Crippen LogP contribution is 2.39. The fourth-order valence-electron chi connectivity index (χ4n) is 3.11. The maximum Gasteiger partial charge on any atom is 0.413 e. The topological polar surface area (TPSA) is 92.3 Å². The van der Waals surface area contributed by atoms with Crippen molar-refractivity contribution in [3.63, 3.8) is 0 Å². The first-order valence-electron chi connectivity index (χ1n) is 8.27. The number of ether oxygens (including phenoxy) is 1. The number of nitrogens with one attached hydrogen (secondary N) is 2. The van der Waals surface area contributed by atoms with Gasteiger partial charge in [0.25, 0.3) is 6.43 Å². The van der Waals surface area contributed by atoms with Gasteiger partial charge in [0, 0.05) is 31.2 Å². The van der Waals surface area contributed by atoms with Gasteiger partial charge in [0.2, 0.25) is 0 Å². The molecule has 8 nitrogen and oxygen atoms in total. The van der Waals surface area contributed by atoms with Crippen molar-refractivity contribution in [1.29, 1.82) is 0 Å². The van der Waals surface area contributed by atoms with Gasteiger partial charge in [0.15, 0.2) is 6.10 Å². The van der Waals surface area contributed by atoms with E-state index >= 15 is 0 Å². The Bertz CT molecular complexity index is 878. The van der Waals surface area contributed by atoms with Gasteiger partial charge in [-0.15, -0.1) is 0 Å². The Morgan fingerprint density at radius 3 is 2.78 bits per heavy atom. The molecular weight excluding hydrogens is 382 g/mol. The number of nitrogens with zero attached hydrogens (tertiary/aromatic N) is 4. The fraction of sp³-hybridized carbons (Fsp3) is 0.375. The minimum absolute atomic E-state index is 0.0203. The molecule has 0 saturated carbocycles. The van der Waals surface area contributed by atoms with Crippen LogP contribution in [0.15, 0.2) is 18.5 Å². The standard InChI is InChI=1S/C16H15ClF2N6O2/c17-8-5-9(23-10(6-8)25-3-1-20-2-4-25)12-11-13(14(18)19)27-16(26)24-15(11)22-7-21-12/h5-7,13-14,20H,1-4H2,(H,21,22,24,26)/t13-/m1/s1. The van der Waals surface area contributed by atoms with Crippen molar-refractivity contribution in [2.45, 2.75) is 12.5 Å². The average molecular weight is 397 g/mol. The monoisotopic (exact) mass is 396 g/mol. The van der Waals surface area contributed by atoms with Crippen LogP contribution >= 0.6 is 11.6 Å². The average Bonchev–Trinajstić information content (AvgIpc) is 2.66. The van der Waals surface area contributed by atoms with Crippen LogP contribution in [0.5, 0.6) is 0 Å². The van der Waals surface area contributed by atoms with Crippen LogP contribution in [0.3, 0.4) is 0 Å². The fourth-order valence-corrected chi connectivity index (χ4v) is 3.31. The van der Waals surface area contributed by atoms with E-state index in [0.717, 1.165) is 26.2 Å². The summed E-state index contributed by atoms with van der Waals surface area (Å²) in [5.41, 5.74) is 0.428. The van der Waals surface area contributed by atoms with Gasteiger partial charge in [0.05, 0.1) is 11.3 Å². The first-order chi connectivity index (χ1) is 13.0. The first kappa shape index (κ1) is 17.8. The molecule has 0 spiro atoms. The van der Waals surface area contributed by atoms with Gasteiger partial charge >= 0.3 is 6.09 Å². The molecule has 0 aromatic carbocycles. The quantitative estimate of drug-likeness (QED) is 0.823. The van der Waals surface area contributed by atoms with E-state index in [1.807, 2.05) is 4.90 Å².